The Morgan fingerprint density at radius 2 is 2.06 bits per heavy atom. The van der Waals surface area contributed by atoms with Gasteiger partial charge in [-0.3, -0.25) is 4.79 Å². The first-order chi connectivity index (χ1) is 7.66. The van der Waals surface area contributed by atoms with Crippen molar-refractivity contribution >= 4 is 5.91 Å². The summed E-state index contributed by atoms with van der Waals surface area (Å²) >= 11 is 0. The van der Waals surface area contributed by atoms with Crippen molar-refractivity contribution < 1.29 is 9.53 Å². The molecule has 1 aliphatic heterocycles. The van der Waals surface area contributed by atoms with Crippen LogP contribution in [0, 0.1) is 0 Å². The van der Waals surface area contributed by atoms with E-state index in [-0.39, 0.29) is 11.6 Å². The third kappa shape index (κ3) is 2.97. The Balaban J connectivity index is 2.51. The average molecular weight is 227 g/mol. The van der Waals surface area contributed by atoms with Crippen LogP contribution in [0.5, 0.6) is 0 Å². The molecule has 1 saturated heterocycles. The van der Waals surface area contributed by atoms with Crippen LogP contribution < -0.4 is 0 Å². The molecule has 3 heteroatoms. The van der Waals surface area contributed by atoms with Gasteiger partial charge in [-0.2, -0.15) is 0 Å². The zero-order valence-corrected chi connectivity index (χ0v) is 10.9. The van der Waals surface area contributed by atoms with Gasteiger partial charge in [0.25, 0.3) is 0 Å². The minimum Gasteiger partial charge on any atom is -0.354 e. The van der Waals surface area contributed by atoms with Gasteiger partial charge in [0.1, 0.15) is 5.72 Å². The predicted molar refractivity (Wildman–Crippen MR) is 65.1 cm³/mol. The van der Waals surface area contributed by atoms with Crippen LogP contribution in [0.1, 0.15) is 59.3 Å². The van der Waals surface area contributed by atoms with E-state index in [1.165, 1.54) is 19.3 Å². The lowest BCUT2D eigenvalue weighted by Gasteiger charge is -2.36. The van der Waals surface area contributed by atoms with Crippen molar-refractivity contribution in [3.05, 3.63) is 0 Å². The molecule has 1 unspecified atom stereocenters. The second kappa shape index (κ2) is 6.24. The number of rotatable bonds is 6. The lowest BCUT2D eigenvalue weighted by molar-refractivity contribution is -0.149. The van der Waals surface area contributed by atoms with Crippen LogP contribution in [0.3, 0.4) is 0 Å². The molecule has 0 bridgehead atoms. The molecule has 0 saturated carbocycles. The van der Waals surface area contributed by atoms with E-state index in [1.54, 1.807) is 6.92 Å². The number of carbonyl (C=O) groups excluding carboxylic acids is 1. The molecule has 0 aromatic carbocycles. The van der Waals surface area contributed by atoms with E-state index in [4.69, 9.17) is 4.74 Å². The molecule has 1 aliphatic rings. The largest absolute Gasteiger partial charge is 0.354 e. The molecule has 0 aromatic rings. The molecule has 3 nitrogen and oxygen atoms in total. The second-order valence-electron chi connectivity index (χ2n) is 4.63. The van der Waals surface area contributed by atoms with Crippen molar-refractivity contribution in [3.8, 4) is 0 Å². The zero-order valence-electron chi connectivity index (χ0n) is 10.9. The van der Waals surface area contributed by atoms with Crippen molar-refractivity contribution in [2.45, 2.75) is 65.0 Å². The van der Waals surface area contributed by atoms with E-state index < -0.39 is 0 Å². The van der Waals surface area contributed by atoms with Gasteiger partial charge in [-0.05, 0) is 19.3 Å². The molecule has 0 aliphatic carbocycles. The Bertz CT molecular complexity index is 230. The molecule has 1 heterocycles. The van der Waals surface area contributed by atoms with Gasteiger partial charge < -0.3 is 9.64 Å². The van der Waals surface area contributed by atoms with Crippen LogP contribution in [0.15, 0.2) is 0 Å². The number of ether oxygens (including phenoxy) is 1. The lowest BCUT2D eigenvalue weighted by Crippen LogP contribution is -2.47. The van der Waals surface area contributed by atoms with Gasteiger partial charge in [-0.15, -0.1) is 0 Å². The third-order valence-electron chi connectivity index (χ3n) is 3.53. The molecule has 16 heavy (non-hydrogen) atoms. The molecule has 0 spiro atoms. The lowest BCUT2D eigenvalue weighted by atomic mass is 10.00. The van der Waals surface area contributed by atoms with Crippen molar-refractivity contribution in [2.24, 2.45) is 0 Å². The van der Waals surface area contributed by atoms with E-state index in [0.29, 0.717) is 6.61 Å². The molecule has 1 amide bonds. The molecule has 1 atom stereocenters. The van der Waals surface area contributed by atoms with Crippen LogP contribution in [-0.2, 0) is 9.53 Å². The zero-order chi connectivity index (χ0) is 12.0. The van der Waals surface area contributed by atoms with Gasteiger partial charge in [0.05, 0.1) is 6.61 Å². The summed E-state index contributed by atoms with van der Waals surface area (Å²) in [6.07, 6.45) is 6.82. The molecule has 1 rings (SSSR count). The van der Waals surface area contributed by atoms with Gasteiger partial charge in [0.15, 0.2) is 0 Å². The van der Waals surface area contributed by atoms with Crippen LogP contribution in [0.25, 0.3) is 0 Å². The first kappa shape index (κ1) is 13.5. The highest BCUT2D eigenvalue weighted by Gasteiger charge is 2.41. The number of amides is 1. The molecule has 0 radical (unpaired) electrons. The number of nitrogens with zero attached hydrogens (tertiary/aromatic N) is 1. The normalized spacial score (nSPS) is 25.1. The summed E-state index contributed by atoms with van der Waals surface area (Å²) in [6.45, 7) is 7.42. The summed E-state index contributed by atoms with van der Waals surface area (Å²) in [4.78, 5) is 13.5. The first-order valence-electron chi connectivity index (χ1n) is 6.58. The number of hydrogen-bond donors (Lipinski definition) is 0. The minimum absolute atomic E-state index is 0.148. The summed E-state index contributed by atoms with van der Waals surface area (Å²) in [5, 5.41) is 0. The quantitative estimate of drug-likeness (QED) is 0.653. The maximum Gasteiger partial charge on any atom is 0.221 e. The summed E-state index contributed by atoms with van der Waals surface area (Å²) in [5.41, 5.74) is -0.292. The minimum atomic E-state index is -0.292. The van der Waals surface area contributed by atoms with Gasteiger partial charge in [0.2, 0.25) is 5.91 Å². The highest BCUT2D eigenvalue weighted by molar-refractivity contribution is 5.74. The molecule has 0 aromatic heterocycles. The molecular formula is C13H25NO2. The molecule has 94 valence electrons. The van der Waals surface area contributed by atoms with E-state index in [0.717, 1.165) is 25.8 Å². The van der Waals surface area contributed by atoms with E-state index in [2.05, 4.69) is 13.8 Å². The Hall–Kier alpha value is -0.570. The second-order valence-corrected chi connectivity index (χ2v) is 4.63. The van der Waals surface area contributed by atoms with Crippen LogP contribution in [-0.4, -0.2) is 29.7 Å². The van der Waals surface area contributed by atoms with E-state index in [9.17, 15) is 4.79 Å². The maximum absolute atomic E-state index is 11.6. The van der Waals surface area contributed by atoms with Crippen LogP contribution >= 0.6 is 0 Å². The molecular weight excluding hydrogens is 202 g/mol. The fourth-order valence-corrected chi connectivity index (χ4v) is 2.56. The highest BCUT2D eigenvalue weighted by Crippen LogP contribution is 2.32. The van der Waals surface area contributed by atoms with E-state index >= 15 is 0 Å². The van der Waals surface area contributed by atoms with Crippen LogP contribution in [0.4, 0.5) is 0 Å². The van der Waals surface area contributed by atoms with Gasteiger partial charge in [-0.1, -0.05) is 33.1 Å². The van der Waals surface area contributed by atoms with Crippen LogP contribution in [0.2, 0.25) is 0 Å². The van der Waals surface area contributed by atoms with Crippen molar-refractivity contribution in [1.82, 2.24) is 4.90 Å². The highest BCUT2D eigenvalue weighted by atomic mass is 16.5. The Labute approximate surface area is 99.1 Å². The first-order valence-corrected chi connectivity index (χ1v) is 6.58. The number of hydrogen-bond acceptors (Lipinski definition) is 2. The summed E-state index contributed by atoms with van der Waals surface area (Å²) in [5.74, 6) is 0.148. The third-order valence-corrected chi connectivity index (χ3v) is 3.53. The maximum atomic E-state index is 11.6. The predicted octanol–water partition coefficient (Wildman–Crippen LogP) is 2.94. The number of unbranched alkanes of at least 4 members (excludes halogenated alkanes) is 3. The van der Waals surface area contributed by atoms with E-state index in [1.807, 2.05) is 4.90 Å². The smallest absolute Gasteiger partial charge is 0.221 e. The number of carbonyl (C=O) groups is 1. The van der Waals surface area contributed by atoms with Gasteiger partial charge in [0, 0.05) is 13.5 Å². The topological polar surface area (TPSA) is 29.5 Å². The average Bonchev–Trinajstić information content (AvgIpc) is 2.69. The Kier molecular flexibility index (Phi) is 5.26. The standard InChI is InChI=1S/C13H25NO2/c1-4-6-7-8-9-13(5-2)14(12(3)15)10-11-16-13/h4-11H2,1-3H3. The summed E-state index contributed by atoms with van der Waals surface area (Å²) in [7, 11) is 0. The molecule has 1 fully saturated rings. The van der Waals surface area contributed by atoms with Gasteiger partial charge in [-0.25, -0.2) is 0 Å². The van der Waals surface area contributed by atoms with Crippen molar-refractivity contribution in [3.63, 3.8) is 0 Å². The summed E-state index contributed by atoms with van der Waals surface area (Å²) in [6, 6.07) is 0. The Morgan fingerprint density at radius 1 is 1.31 bits per heavy atom. The van der Waals surface area contributed by atoms with Crippen molar-refractivity contribution in [1.29, 1.82) is 0 Å². The SMILES string of the molecule is CCCCCCC1(CC)OCCN1C(C)=O. The van der Waals surface area contributed by atoms with Gasteiger partial charge >= 0.3 is 0 Å². The molecule has 0 N–H and O–H groups in total. The summed E-state index contributed by atoms with van der Waals surface area (Å²) < 4.78 is 5.85. The monoisotopic (exact) mass is 227 g/mol. The van der Waals surface area contributed by atoms with Crippen molar-refractivity contribution in [2.75, 3.05) is 13.2 Å². The fraction of sp³-hybridized carbons (Fsp3) is 0.923. The Morgan fingerprint density at radius 3 is 2.62 bits per heavy atom. The fourth-order valence-electron chi connectivity index (χ4n) is 2.56.